The first-order valence-electron chi connectivity index (χ1n) is 6.30. The summed E-state index contributed by atoms with van der Waals surface area (Å²) in [4.78, 5) is 14.8. The van der Waals surface area contributed by atoms with Gasteiger partial charge in [0.2, 0.25) is 5.91 Å². The molecule has 1 heterocycles. The molecule has 0 aliphatic heterocycles. The topological polar surface area (TPSA) is 40.5 Å². The quantitative estimate of drug-likeness (QED) is 0.710. The lowest BCUT2D eigenvalue weighted by atomic mass is 10.2. The maximum absolute atomic E-state index is 11.8. The van der Waals surface area contributed by atoms with Crippen LogP contribution in [0.5, 0.6) is 0 Å². The van der Waals surface area contributed by atoms with Gasteiger partial charge >= 0.3 is 0 Å². The fourth-order valence-electron chi connectivity index (χ4n) is 1.54. The molecule has 0 atom stereocenters. The molecule has 0 aliphatic carbocycles. The van der Waals surface area contributed by atoms with Crippen LogP contribution in [0.25, 0.3) is 0 Å². The van der Waals surface area contributed by atoms with Crippen molar-refractivity contribution in [1.82, 2.24) is 4.90 Å². The Labute approximate surface area is 127 Å². The zero-order valence-electron chi connectivity index (χ0n) is 11.1. The number of aliphatic hydroxyl groups excluding tert-OH is 1. The van der Waals surface area contributed by atoms with Gasteiger partial charge in [-0.1, -0.05) is 11.6 Å². The molecule has 1 rings (SSSR count). The first-order chi connectivity index (χ1) is 9.13. The minimum Gasteiger partial charge on any atom is -0.396 e. The van der Waals surface area contributed by atoms with E-state index < -0.39 is 0 Å². The summed E-state index contributed by atoms with van der Waals surface area (Å²) in [6, 6.07) is 3.89. The second-order valence-electron chi connectivity index (χ2n) is 4.30. The Balaban J connectivity index is 2.12. The van der Waals surface area contributed by atoms with Crippen molar-refractivity contribution >= 4 is 40.6 Å². The average molecular weight is 322 g/mol. The Morgan fingerprint density at radius 1 is 1.42 bits per heavy atom. The molecule has 0 unspecified atom stereocenters. The Morgan fingerprint density at radius 2 is 2.21 bits per heavy atom. The third-order valence-corrected chi connectivity index (χ3v) is 5.06. The van der Waals surface area contributed by atoms with Gasteiger partial charge in [-0.15, -0.1) is 23.1 Å². The Morgan fingerprint density at radius 3 is 2.84 bits per heavy atom. The van der Waals surface area contributed by atoms with Crippen LogP contribution in [0.15, 0.2) is 12.1 Å². The average Bonchev–Trinajstić information content (AvgIpc) is 2.80. The summed E-state index contributed by atoms with van der Waals surface area (Å²) in [7, 11) is 1.84. The lowest BCUT2D eigenvalue weighted by Gasteiger charge is -2.16. The van der Waals surface area contributed by atoms with Crippen molar-refractivity contribution in [2.75, 3.05) is 26.0 Å². The van der Waals surface area contributed by atoms with E-state index in [1.165, 1.54) is 4.88 Å². The maximum atomic E-state index is 11.8. The highest BCUT2D eigenvalue weighted by molar-refractivity contribution is 7.99. The van der Waals surface area contributed by atoms with Crippen molar-refractivity contribution in [2.24, 2.45) is 0 Å². The summed E-state index contributed by atoms with van der Waals surface area (Å²) in [5, 5.41) is 8.67. The van der Waals surface area contributed by atoms with Crippen LogP contribution in [0.4, 0.5) is 0 Å². The van der Waals surface area contributed by atoms with Crippen molar-refractivity contribution in [2.45, 2.75) is 25.0 Å². The number of carbonyl (C=O) groups excluding carboxylic acids is 1. The first kappa shape index (κ1) is 16.8. The number of halogens is 1. The summed E-state index contributed by atoms with van der Waals surface area (Å²) < 4.78 is 0.794. The van der Waals surface area contributed by atoms with E-state index in [9.17, 15) is 4.79 Å². The number of carbonyl (C=O) groups is 1. The molecule has 1 aromatic heterocycles. The van der Waals surface area contributed by atoms with Crippen LogP contribution in [-0.2, 0) is 10.5 Å². The molecule has 6 heteroatoms. The van der Waals surface area contributed by atoms with Gasteiger partial charge in [0.15, 0.2) is 0 Å². The second-order valence-corrected chi connectivity index (χ2v) is 7.08. The molecular formula is C13H20ClNO2S2. The largest absolute Gasteiger partial charge is 0.396 e. The van der Waals surface area contributed by atoms with Gasteiger partial charge in [0, 0.05) is 30.8 Å². The zero-order valence-corrected chi connectivity index (χ0v) is 13.5. The van der Waals surface area contributed by atoms with E-state index in [1.54, 1.807) is 28.0 Å². The molecule has 108 valence electrons. The molecule has 1 amide bonds. The number of unbranched alkanes of at least 4 members (excludes halogenated alkanes) is 2. The number of aliphatic hydroxyl groups is 1. The smallest absolute Gasteiger partial charge is 0.232 e. The highest BCUT2D eigenvalue weighted by Gasteiger charge is 2.08. The molecule has 0 spiro atoms. The van der Waals surface area contributed by atoms with E-state index in [-0.39, 0.29) is 12.5 Å². The molecule has 0 aromatic carbocycles. The van der Waals surface area contributed by atoms with Gasteiger partial charge in [-0.25, -0.2) is 0 Å². The minimum atomic E-state index is 0.164. The summed E-state index contributed by atoms with van der Waals surface area (Å²) >= 11 is 9.04. The van der Waals surface area contributed by atoms with Gasteiger partial charge in [0.25, 0.3) is 0 Å². The summed E-state index contributed by atoms with van der Waals surface area (Å²) in [6.45, 7) is 1.00. The summed E-state index contributed by atoms with van der Waals surface area (Å²) in [5.41, 5.74) is 0. The zero-order chi connectivity index (χ0) is 14.1. The number of rotatable bonds is 9. The van der Waals surface area contributed by atoms with Crippen LogP contribution >= 0.6 is 34.7 Å². The lowest BCUT2D eigenvalue weighted by Crippen LogP contribution is -2.29. The Hall–Kier alpha value is -0.230. The van der Waals surface area contributed by atoms with Crippen LogP contribution in [0.2, 0.25) is 4.34 Å². The lowest BCUT2D eigenvalue weighted by molar-refractivity contribution is -0.127. The van der Waals surface area contributed by atoms with E-state index in [2.05, 4.69) is 0 Å². The fourth-order valence-corrected chi connectivity index (χ4v) is 3.70. The van der Waals surface area contributed by atoms with Crippen LogP contribution in [-0.4, -0.2) is 41.9 Å². The molecule has 1 N–H and O–H groups in total. The molecule has 0 aliphatic rings. The maximum Gasteiger partial charge on any atom is 0.232 e. The van der Waals surface area contributed by atoms with E-state index >= 15 is 0 Å². The SMILES string of the molecule is CN(CCCCCO)C(=O)CSCc1ccc(Cl)s1. The molecular weight excluding hydrogens is 302 g/mol. The molecule has 0 saturated heterocycles. The molecule has 3 nitrogen and oxygen atoms in total. The first-order valence-corrected chi connectivity index (χ1v) is 8.65. The number of thiophene rings is 1. The van der Waals surface area contributed by atoms with Crippen molar-refractivity contribution in [3.05, 3.63) is 21.3 Å². The van der Waals surface area contributed by atoms with E-state index in [4.69, 9.17) is 16.7 Å². The molecule has 0 saturated carbocycles. The third kappa shape index (κ3) is 7.20. The highest BCUT2D eigenvalue weighted by Crippen LogP contribution is 2.25. The summed E-state index contributed by atoms with van der Waals surface area (Å²) in [5.74, 6) is 1.50. The van der Waals surface area contributed by atoms with E-state index in [1.807, 2.05) is 19.2 Å². The Bertz CT molecular complexity index is 384. The van der Waals surface area contributed by atoms with Gasteiger partial charge in [0.1, 0.15) is 0 Å². The van der Waals surface area contributed by atoms with Crippen molar-refractivity contribution in [3.63, 3.8) is 0 Å². The Kier molecular flexibility index (Phi) is 8.53. The standard InChI is InChI=1S/C13H20ClNO2S2/c1-15(7-3-2-4-8-16)13(17)10-18-9-11-5-6-12(14)19-11/h5-6,16H,2-4,7-10H2,1H3. The number of thioether (sulfide) groups is 1. The van der Waals surface area contributed by atoms with Gasteiger partial charge in [-0.2, -0.15) is 0 Å². The summed E-state index contributed by atoms with van der Waals surface area (Å²) in [6.07, 6.45) is 2.73. The highest BCUT2D eigenvalue weighted by atomic mass is 35.5. The molecule has 0 radical (unpaired) electrons. The molecule has 1 aromatic rings. The normalized spacial score (nSPS) is 10.7. The van der Waals surface area contributed by atoms with Crippen LogP contribution < -0.4 is 0 Å². The van der Waals surface area contributed by atoms with Gasteiger partial charge in [-0.05, 0) is 31.4 Å². The number of nitrogens with zero attached hydrogens (tertiary/aromatic N) is 1. The van der Waals surface area contributed by atoms with Gasteiger partial charge < -0.3 is 10.0 Å². The van der Waals surface area contributed by atoms with Crippen molar-refractivity contribution < 1.29 is 9.90 Å². The monoisotopic (exact) mass is 321 g/mol. The van der Waals surface area contributed by atoms with Crippen LogP contribution in [0.3, 0.4) is 0 Å². The fraction of sp³-hybridized carbons (Fsp3) is 0.615. The van der Waals surface area contributed by atoms with Crippen molar-refractivity contribution in [1.29, 1.82) is 0 Å². The van der Waals surface area contributed by atoms with Crippen molar-refractivity contribution in [3.8, 4) is 0 Å². The third-order valence-electron chi connectivity index (χ3n) is 2.68. The van der Waals surface area contributed by atoms with Crippen LogP contribution in [0.1, 0.15) is 24.1 Å². The van der Waals surface area contributed by atoms with Crippen LogP contribution in [0, 0.1) is 0 Å². The number of amides is 1. The second kappa shape index (κ2) is 9.64. The molecule has 0 bridgehead atoms. The number of hydrogen-bond donors (Lipinski definition) is 1. The van der Waals surface area contributed by atoms with Gasteiger partial charge in [0.05, 0.1) is 10.1 Å². The van der Waals surface area contributed by atoms with E-state index in [0.717, 1.165) is 35.9 Å². The molecule has 0 fully saturated rings. The predicted octanol–water partition coefficient (Wildman–Crippen LogP) is 3.26. The van der Waals surface area contributed by atoms with E-state index in [0.29, 0.717) is 5.75 Å². The number of hydrogen-bond acceptors (Lipinski definition) is 4. The van der Waals surface area contributed by atoms with Gasteiger partial charge in [-0.3, -0.25) is 4.79 Å². The molecule has 19 heavy (non-hydrogen) atoms. The minimum absolute atomic E-state index is 0.164. The predicted molar refractivity (Wildman–Crippen MR) is 84.1 cm³/mol.